The third kappa shape index (κ3) is 4.42. The molecule has 0 spiro atoms. The van der Waals surface area contributed by atoms with Crippen molar-refractivity contribution in [3.63, 3.8) is 0 Å². The molecule has 1 fully saturated rings. The first kappa shape index (κ1) is 23.5. The summed E-state index contributed by atoms with van der Waals surface area (Å²) in [5, 5.41) is 17.5. The Morgan fingerprint density at radius 3 is 2.81 bits per heavy atom. The van der Waals surface area contributed by atoms with Gasteiger partial charge in [0.15, 0.2) is 0 Å². The van der Waals surface area contributed by atoms with Gasteiger partial charge in [-0.2, -0.15) is 10.1 Å². The summed E-state index contributed by atoms with van der Waals surface area (Å²) in [5.41, 5.74) is 5.53. The molecule has 1 atom stereocenters. The number of aromatic nitrogens is 3. The average molecular weight is 502 g/mol. The number of rotatable bonds is 1. The van der Waals surface area contributed by atoms with E-state index in [4.69, 9.17) is 4.74 Å². The fourth-order valence-corrected chi connectivity index (χ4v) is 5.15. The van der Waals surface area contributed by atoms with Crippen molar-refractivity contribution in [3.05, 3.63) is 47.8 Å². The normalized spacial score (nSPS) is 21.4. The van der Waals surface area contributed by atoms with Crippen LogP contribution in [0.1, 0.15) is 35.8 Å². The van der Waals surface area contributed by atoms with Crippen LogP contribution >= 0.6 is 0 Å². The maximum Gasteiger partial charge on any atom is 0.280 e. The molecule has 1 saturated heterocycles. The van der Waals surface area contributed by atoms with E-state index in [1.165, 1.54) is 0 Å². The Bertz CT molecular complexity index is 1390. The number of benzene rings is 1. The first-order valence-corrected chi connectivity index (χ1v) is 12.7. The largest absolute Gasteiger partial charge is 0.477 e. The van der Waals surface area contributed by atoms with Gasteiger partial charge in [0.1, 0.15) is 0 Å². The SMILES string of the molecule is Cc1cc2cc(n1)-c1cnn(C)c1OCCC[C@@H](C)CN1/C(=N/C2=O)Nc2ccc(N3CC(O)C3)cc21. The average Bonchev–Trinajstić information content (AvgIpc) is 3.38. The third-order valence-corrected chi connectivity index (χ3v) is 7.14. The topological polar surface area (TPSA) is 108 Å². The number of aliphatic imine (C=N–C) groups is 1. The molecule has 0 aliphatic carbocycles. The van der Waals surface area contributed by atoms with Gasteiger partial charge in [-0.15, -0.1) is 0 Å². The van der Waals surface area contributed by atoms with Gasteiger partial charge in [-0.3, -0.25) is 9.78 Å². The lowest BCUT2D eigenvalue weighted by Crippen LogP contribution is -2.50. The van der Waals surface area contributed by atoms with Crippen LogP contribution in [0.3, 0.4) is 0 Å². The molecular formula is C27H31N7O3. The second kappa shape index (κ2) is 9.19. The summed E-state index contributed by atoms with van der Waals surface area (Å²) < 4.78 is 7.86. The molecule has 10 nitrogen and oxygen atoms in total. The van der Waals surface area contributed by atoms with Crippen LogP contribution in [0.25, 0.3) is 11.3 Å². The van der Waals surface area contributed by atoms with E-state index in [1.807, 2.05) is 26.1 Å². The van der Waals surface area contributed by atoms with E-state index >= 15 is 0 Å². The van der Waals surface area contributed by atoms with Gasteiger partial charge in [-0.05, 0) is 56.0 Å². The van der Waals surface area contributed by atoms with Gasteiger partial charge in [-0.1, -0.05) is 6.92 Å². The number of guanidine groups is 1. The Kier molecular flexibility index (Phi) is 5.83. The Labute approximate surface area is 215 Å². The van der Waals surface area contributed by atoms with Gasteiger partial charge in [0.25, 0.3) is 5.91 Å². The van der Waals surface area contributed by atoms with Crippen LogP contribution in [0, 0.1) is 12.8 Å². The summed E-state index contributed by atoms with van der Waals surface area (Å²) in [6.45, 7) is 6.59. The van der Waals surface area contributed by atoms with E-state index in [9.17, 15) is 9.90 Å². The minimum Gasteiger partial charge on any atom is -0.477 e. The second-order valence-corrected chi connectivity index (χ2v) is 10.2. The third-order valence-electron chi connectivity index (χ3n) is 7.14. The fourth-order valence-electron chi connectivity index (χ4n) is 5.15. The van der Waals surface area contributed by atoms with Crippen LogP contribution in [-0.4, -0.2) is 64.1 Å². The Balaban J connectivity index is 1.40. The molecule has 1 aromatic carbocycles. The summed E-state index contributed by atoms with van der Waals surface area (Å²) in [5.74, 6) is 1.15. The standard InChI is InChI=1S/C27H31N7O3/c1-16-5-4-8-37-26-21(12-28-32(26)3)23-10-18(9-17(2)29-23)25(36)31-27-30-22-7-6-19(33-14-20(35)15-33)11-24(22)34(27)13-16/h6-7,9-12,16,20,35H,4-5,8,13-15H2,1-3H3,(H,30,31,36)/t16-/m1/s1. The maximum absolute atomic E-state index is 13.5. The highest BCUT2D eigenvalue weighted by atomic mass is 16.5. The molecule has 0 radical (unpaired) electrons. The van der Waals surface area contributed by atoms with E-state index < -0.39 is 0 Å². The molecule has 192 valence electrons. The number of amides is 1. The molecule has 2 bridgehead atoms. The number of ether oxygens (including phenoxy) is 1. The van der Waals surface area contributed by atoms with Gasteiger partial charge < -0.3 is 25.0 Å². The molecule has 6 rings (SSSR count). The first-order chi connectivity index (χ1) is 17.9. The quantitative estimate of drug-likeness (QED) is 0.523. The van der Waals surface area contributed by atoms with Crippen molar-refractivity contribution in [2.24, 2.45) is 18.0 Å². The van der Waals surface area contributed by atoms with Gasteiger partial charge in [0.2, 0.25) is 11.8 Å². The molecule has 1 amide bonds. The molecule has 3 aliphatic heterocycles. The van der Waals surface area contributed by atoms with Crippen LogP contribution in [0.15, 0.2) is 41.5 Å². The number of carbonyl (C=O) groups excluding carboxylic acids is 1. The predicted octanol–water partition coefficient (Wildman–Crippen LogP) is 3.21. The van der Waals surface area contributed by atoms with E-state index in [-0.39, 0.29) is 12.0 Å². The van der Waals surface area contributed by atoms with E-state index in [0.717, 1.165) is 41.2 Å². The number of anilines is 3. The molecule has 0 unspecified atom stereocenters. The van der Waals surface area contributed by atoms with Crippen LogP contribution < -0.4 is 19.9 Å². The summed E-state index contributed by atoms with van der Waals surface area (Å²) in [6, 6.07) is 9.68. The Morgan fingerprint density at radius 1 is 1.16 bits per heavy atom. The smallest absolute Gasteiger partial charge is 0.280 e. The lowest BCUT2D eigenvalue weighted by atomic mass is 10.0. The zero-order valence-electron chi connectivity index (χ0n) is 21.3. The molecule has 3 aromatic rings. The highest BCUT2D eigenvalue weighted by Crippen LogP contribution is 2.38. The zero-order chi connectivity index (χ0) is 25.7. The van der Waals surface area contributed by atoms with Crippen LogP contribution in [0.2, 0.25) is 0 Å². The molecule has 3 aliphatic rings. The molecule has 5 heterocycles. The molecular weight excluding hydrogens is 470 g/mol. The van der Waals surface area contributed by atoms with Crippen molar-refractivity contribution in [2.45, 2.75) is 32.8 Å². The minimum absolute atomic E-state index is 0.280. The summed E-state index contributed by atoms with van der Waals surface area (Å²) in [7, 11) is 1.84. The number of aryl methyl sites for hydroxylation is 2. The molecule has 2 N–H and O–H groups in total. The van der Waals surface area contributed by atoms with Gasteiger partial charge >= 0.3 is 0 Å². The highest BCUT2D eigenvalue weighted by Gasteiger charge is 2.31. The van der Waals surface area contributed by atoms with Crippen LogP contribution in [0.5, 0.6) is 5.88 Å². The molecule has 0 saturated carbocycles. The molecule has 2 aromatic heterocycles. The first-order valence-electron chi connectivity index (χ1n) is 12.7. The van der Waals surface area contributed by atoms with E-state index in [2.05, 4.69) is 43.2 Å². The minimum atomic E-state index is -0.341. The number of fused-ring (bicyclic) bond motifs is 7. The Hall–Kier alpha value is -3.92. The van der Waals surface area contributed by atoms with E-state index in [0.29, 0.717) is 55.3 Å². The monoisotopic (exact) mass is 501 g/mol. The van der Waals surface area contributed by atoms with Gasteiger partial charge in [-0.25, -0.2) is 4.68 Å². The Morgan fingerprint density at radius 2 is 2.00 bits per heavy atom. The van der Waals surface area contributed by atoms with Crippen molar-refractivity contribution >= 4 is 28.9 Å². The number of aliphatic hydroxyl groups excluding tert-OH is 1. The van der Waals surface area contributed by atoms with Gasteiger partial charge in [0.05, 0.1) is 41.5 Å². The van der Waals surface area contributed by atoms with Crippen molar-refractivity contribution in [1.82, 2.24) is 14.8 Å². The number of hydrogen-bond donors (Lipinski definition) is 2. The lowest BCUT2D eigenvalue weighted by molar-refractivity contribution is 0.100. The summed E-state index contributed by atoms with van der Waals surface area (Å²) in [6.07, 6.45) is 3.27. The summed E-state index contributed by atoms with van der Waals surface area (Å²) >= 11 is 0. The molecule has 37 heavy (non-hydrogen) atoms. The lowest BCUT2D eigenvalue weighted by Gasteiger charge is -2.38. The second-order valence-electron chi connectivity index (χ2n) is 10.2. The summed E-state index contributed by atoms with van der Waals surface area (Å²) in [4.78, 5) is 26.9. The van der Waals surface area contributed by atoms with Crippen LogP contribution in [-0.2, 0) is 7.05 Å². The number of hydrogen-bond acceptors (Lipinski definition) is 8. The highest BCUT2D eigenvalue weighted by molar-refractivity contribution is 6.19. The van der Waals surface area contributed by atoms with E-state index in [1.54, 1.807) is 23.0 Å². The van der Waals surface area contributed by atoms with Crippen LogP contribution in [0.4, 0.5) is 17.1 Å². The predicted molar refractivity (Wildman–Crippen MR) is 142 cm³/mol. The number of pyridine rings is 1. The van der Waals surface area contributed by atoms with Crippen molar-refractivity contribution in [1.29, 1.82) is 0 Å². The van der Waals surface area contributed by atoms with Gasteiger partial charge in [0, 0.05) is 43.6 Å². The molecule has 10 heteroatoms. The fraction of sp³-hybridized carbons (Fsp3) is 0.407. The van der Waals surface area contributed by atoms with Crippen molar-refractivity contribution < 1.29 is 14.6 Å². The van der Waals surface area contributed by atoms with Crippen molar-refractivity contribution in [2.75, 3.05) is 41.4 Å². The number of carbonyl (C=O) groups is 1. The maximum atomic E-state index is 13.5. The number of nitrogens with one attached hydrogen (secondary N) is 1. The number of β-amino-alcohol motifs (C(OH)–C–C–N with tert-alkyl or cyclic N) is 1. The zero-order valence-corrected chi connectivity index (χ0v) is 21.3. The number of aliphatic hydroxyl groups is 1. The van der Waals surface area contributed by atoms with Crippen molar-refractivity contribution in [3.8, 4) is 17.1 Å². The number of nitrogens with zero attached hydrogens (tertiary/aromatic N) is 6.